The molecule has 1 aliphatic heterocycles. The normalized spacial score (nSPS) is 13.5. The summed E-state index contributed by atoms with van der Waals surface area (Å²) < 4.78 is 15.6. The van der Waals surface area contributed by atoms with Crippen molar-refractivity contribution in [3.63, 3.8) is 0 Å². The topological polar surface area (TPSA) is 111 Å². The Balaban J connectivity index is 1.71. The molecule has 0 saturated carbocycles. The number of esters is 1. The van der Waals surface area contributed by atoms with Crippen LogP contribution in [0.2, 0.25) is 0 Å². The van der Waals surface area contributed by atoms with E-state index in [0.29, 0.717) is 17.2 Å². The summed E-state index contributed by atoms with van der Waals surface area (Å²) in [4.78, 5) is 51.9. The molecule has 3 rings (SSSR count). The summed E-state index contributed by atoms with van der Waals surface area (Å²) in [7, 11) is 2.94. The maximum atomic E-state index is 12.9. The number of hydrogen-bond donors (Lipinski definition) is 1. The summed E-state index contributed by atoms with van der Waals surface area (Å²) in [5.74, 6) is -1.65. The average molecular weight is 454 g/mol. The fourth-order valence-electron chi connectivity index (χ4n) is 3.58. The van der Waals surface area contributed by atoms with Crippen LogP contribution in [-0.4, -0.2) is 55.5 Å². The highest BCUT2D eigenvalue weighted by atomic mass is 16.5. The van der Waals surface area contributed by atoms with Crippen LogP contribution in [0, 0.1) is 5.92 Å². The summed E-state index contributed by atoms with van der Waals surface area (Å²) >= 11 is 0. The minimum atomic E-state index is -1.14. The fraction of sp³-hybridized carbons (Fsp3) is 0.333. The molecule has 33 heavy (non-hydrogen) atoms. The molecule has 9 heteroatoms. The molecule has 0 aromatic heterocycles. The first-order valence-corrected chi connectivity index (χ1v) is 10.4. The molecule has 3 amide bonds. The molecule has 1 N–H and O–H groups in total. The zero-order chi connectivity index (χ0) is 24.1. The van der Waals surface area contributed by atoms with Crippen LogP contribution in [0.1, 0.15) is 41.0 Å². The van der Waals surface area contributed by atoms with Gasteiger partial charge in [0.2, 0.25) is 0 Å². The molecule has 0 aliphatic carbocycles. The summed E-state index contributed by atoms with van der Waals surface area (Å²) in [6.45, 7) is 3.12. The molecule has 1 atom stereocenters. The van der Waals surface area contributed by atoms with Crippen LogP contribution in [0.3, 0.4) is 0 Å². The number of rotatable bonds is 9. The van der Waals surface area contributed by atoms with Crippen molar-refractivity contribution >= 4 is 29.4 Å². The van der Waals surface area contributed by atoms with E-state index in [9.17, 15) is 19.2 Å². The Morgan fingerprint density at radius 3 is 2.15 bits per heavy atom. The number of amides is 3. The summed E-state index contributed by atoms with van der Waals surface area (Å²) in [6.07, 6.45) is 0.204. The van der Waals surface area contributed by atoms with Crippen LogP contribution in [0.4, 0.5) is 5.69 Å². The number of ether oxygens (including phenoxy) is 3. The van der Waals surface area contributed by atoms with E-state index in [2.05, 4.69) is 5.32 Å². The highest BCUT2D eigenvalue weighted by molar-refractivity contribution is 6.22. The number of fused-ring (bicyclic) bond motifs is 1. The average Bonchev–Trinajstić information content (AvgIpc) is 3.05. The fourth-order valence-corrected chi connectivity index (χ4v) is 3.58. The van der Waals surface area contributed by atoms with Crippen LogP contribution >= 0.6 is 0 Å². The number of hydrogen-bond acceptors (Lipinski definition) is 7. The van der Waals surface area contributed by atoms with Gasteiger partial charge in [-0.25, -0.2) is 4.79 Å². The van der Waals surface area contributed by atoms with Crippen LogP contribution in [0.25, 0.3) is 0 Å². The Hall–Kier alpha value is -3.88. The first-order valence-electron chi connectivity index (χ1n) is 10.4. The number of nitrogens with zero attached hydrogens (tertiary/aromatic N) is 1. The molecular formula is C24H26N2O7. The maximum Gasteiger partial charge on any atom is 0.329 e. The molecule has 0 bridgehead atoms. The van der Waals surface area contributed by atoms with Crippen molar-refractivity contribution in [2.75, 3.05) is 26.1 Å². The standard InChI is InChI=1S/C24H26N2O7/c1-14(2)11-19(26-22(28)16-7-5-6-8-17(16)23(26)29)24(30)33-13-21(27)25-18-12-15(31-3)9-10-20(18)32-4/h5-10,12,14,19H,11,13H2,1-4H3,(H,25,27)/t19-/m0/s1. The van der Waals surface area contributed by atoms with Gasteiger partial charge in [0.25, 0.3) is 17.7 Å². The lowest BCUT2D eigenvalue weighted by atomic mass is 10.0. The van der Waals surface area contributed by atoms with Crippen molar-refractivity contribution < 1.29 is 33.4 Å². The van der Waals surface area contributed by atoms with Gasteiger partial charge in [0.15, 0.2) is 6.61 Å². The number of methoxy groups -OCH3 is 2. The number of imide groups is 1. The molecule has 0 fully saturated rings. The highest BCUT2D eigenvalue weighted by Crippen LogP contribution is 2.29. The van der Waals surface area contributed by atoms with E-state index in [1.807, 2.05) is 13.8 Å². The largest absolute Gasteiger partial charge is 0.497 e. The van der Waals surface area contributed by atoms with Crippen molar-refractivity contribution in [1.29, 1.82) is 0 Å². The predicted molar refractivity (Wildman–Crippen MR) is 119 cm³/mol. The first kappa shape index (κ1) is 23.8. The van der Waals surface area contributed by atoms with Crippen molar-refractivity contribution in [2.24, 2.45) is 5.92 Å². The zero-order valence-corrected chi connectivity index (χ0v) is 18.9. The van der Waals surface area contributed by atoms with Gasteiger partial charge in [0, 0.05) is 6.07 Å². The molecule has 0 saturated heterocycles. The number of carbonyl (C=O) groups is 4. The SMILES string of the molecule is COc1ccc(OC)c(NC(=O)COC(=O)[C@H](CC(C)C)N2C(=O)c3ccccc3C2=O)c1. The number of carbonyl (C=O) groups excluding carboxylic acids is 4. The first-order chi connectivity index (χ1) is 15.8. The van der Waals surface area contributed by atoms with Gasteiger partial charge in [0.05, 0.1) is 31.0 Å². The minimum Gasteiger partial charge on any atom is -0.497 e. The second kappa shape index (κ2) is 10.2. The molecule has 2 aromatic carbocycles. The molecule has 174 valence electrons. The Morgan fingerprint density at radius 1 is 0.970 bits per heavy atom. The van der Waals surface area contributed by atoms with Crippen LogP contribution < -0.4 is 14.8 Å². The third kappa shape index (κ3) is 5.14. The van der Waals surface area contributed by atoms with Crippen molar-refractivity contribution in [1.82, 2.24) is 4.90 Å². The van der Waals surface area contributed by atoms with Gasteiger partial charge in [-0.1, -0.05) is 26.0 Å². The molecule has 2 aromatic rings. The summed E-state index contributed by atoms with van der Waals surface area (Å²) in [6, 6.07) is 10.1. The van der Waals surface area contributed by atoms with E-state index in [0.717, 1.165) is 4.90 Å². The van der Waals surface area contributed by atoms with Gasteiger partial charge in [-0.15, -0.1) is 0 Å². The third-order valence-corrected chi connectivity index (χ3v) is 5.13. The Morgan fingerprint density at radius 2 is 1.61 bits per heavy atom. The molecular weight excluding hydrogens is 428 g/mol. The van der Waals surface area contributed by atoms with Gasteiger partial charge < -0.3 is 19.5 Å². The van der Waals surface area contributed by atoms with Gasteiger partial charge in [-0.2, -0.15) is 0 Å². The lowest BCUT2D eigenvalue weighted by Gasteiger charge is -2.25. The zero-order valence-electron chi connectivity index (χ0n) is 18.9. The van der Waals surface area contributed by atoms with E-state index in [1.165, 1.54) is 14.2 Å². The Bertz CT molecular complexity index is 1050. The minimum absolute atomic E-state index is 0.0123. The second-order valence-electron chi connectivity index (χ2n) is 7.89. The predicted octanol–water partition coefficient (Wildman–Crippen LogP) is 2.90. The van der Waals surface area contributed by atoms with Gasteiger partial charge in [-0.05, 0) is 36.6 Å². The van der Waals surface area contributed by atoms with Crippen molar-refractivity contribution in [2.45, 2.75) is 26.3 Å². The van der Waals surface area contributed by atoms with Gasteiger partial charge in [0.1, 0.15) is 17.5 Å². The lowest BCUT2D eigenvalue weighted by molar-refractivity contribution is -0.151. The van der Waals surface area contributed by atoms with E-state index in [-0.39, 0.29) is 23.5 Å². The highest BCUT2D eigenvalue weighted by Gasteiger charge is 2.43. The maximum absolute atomic E-state index is 12.9. The molecule has 0 radical (unpaired) electrons. The number of anilines is 1. The van der Waals surface area contributed by atoms with Crippen LogP contribution in [0.5, 0.6) is 11.5 Å². The van der Waals surface area contributed by atoms with Crippen molar-refractivity contribution in [3.05, 3.63) is 53.6 Å². The molecule has 0 spiro atoms. The van der Waals surface area contributed by atoms with E-state index in [1.54, 1.807) is 42.5 Å². The van der Waals surface area contributed by atoms with E-state index >= 15 is 0 Å². The van der Waals surface area contributed by atoms with Gasteiger partial charge in [-0.3, -0.25) is 19.3 Å². The molecule has 9 nitrogen and oxygen atoms in total. The lowest BCUT2D eigenvalue weighted by Crippen LogP contribution is -2.46. The molecule has 1 aliphatic rings. The van der Waals surface area contributed by atoms with E-state index in [4.69, 9.17) is 14.2 Å². The second-order valence-corrected chi connectivity index (χ2v) is 7.89. The van der Waals surface area contributed by atoms with Crippen LogP contribution in [0.15, 0.2) is 42.5 Å². The van der Waals surface area contributed by atoms with Crippen molar-refractivity contribution in [3.8, 4) is 11.5 Å². The third-order valence-electron chi connectivity index (χ3n) is 5.13. The van der Waals surface area contributed by atoms with Crippen LogP contribution in [-0.2, 0) is 14.3 Å². The number of nitrogens with one attached hydrogen (secondary N) is 1. The summed E-state index contributed by atoms with van der Waals surface area (Å²) in [5, 5.41) is 2.60. The smallest absolute Gasteiger partial charge is 0.329 e. The monoisotopic (exact) mass is 454 g/mol. The quantitative estimate of drug-likeness (QED) is 0.458. The van der Waals surface area contributed by atoms with E-state index < -0.39 is 36.3 Å². The Labute approximate surface area is 191 Å². The molecule has 1 heterocycles. The summed E-state index contributed by atoms with van der Waals surface area (Å²) in [5.41, 5.74) is 0.829. The van der Waals surface area contributed by atoms with Gasteiger partial charge >= 0.3 is 5.97 Å². The Kier molecular flexibility index (Phi) is 7.32. The molecule has 0 unspecified atom stereocenters. The number of benzene rings is 2.